The van der Waals surface area contributed by atoms with Crippen molar-refractivity contribution in [3.63, 3.8) is 0 Å². The third-order valence-corrected chi connectivity index (χ3v) is 7.97. The van der Waals surface area contributed by atoms with Gasteiger partial charge in [0.25, 0.3) is 0 Å². The Hall–Kier alpha value is -3.62. The highest BCUT2D eigenvalue weighted by Gasteiger charge is 2.51. The van der Waals surface area contributed by atoms with Crippen LogP contribution in [0.2, 0.25) is 0 Å². The molecule has 0 aliphatic carbocycles. The minimum atomic E-state index is -0.471. The number of carbonyl (C=O) groups is 2. The van der Waals surface area contributed by atoms with E-state index in [1.165, 1.54) is 7.11 Å². The summed E-state index contributed by atoms with van der Waals surface area (Å²) in [7, 11) is 0.874. The molecule has 2 aliphatic rings. The predicted octanol–water partition coefficient (Wildman–Crippen LogP) is 5.08. The number of rotatable bonds is 7. The van der Waals surface area contributed by atoms with Crippen LogP contribution in [0.3, 0.4) is 0 Å². The third-order valence-electron chi connectivity index (χ3n) is 7.97. The number of nitrogens with zero attached hydrogens (tertiary/aromatic N) is 1. The van der Waals surface area contributed by atoms with Gasteiger partial charge >= 0.3 is 13.1 Å². The summed E-state index contributed by atoms with van der Waals surface area (Å²) in [6.07, 6.45) is 0.473. The SMILES string of the molecule is COC(=O)c1ccc(CN2CC(c3ccccc3)CC2=O)c(Oc2ccc(B3OC(C)(C)C(C)(C)O3)cc2)c1. The standard InChI is InChI=1S/C31H34BNO6/c1-30(2)31(3,4)39-32(38-30)25-13-15-26(16-14-25)37-27-17-22(29(35)36-5)11-12-23(27)19-33-20-24(18-28(33)34)21-9-7-6-8-10-21/h6-17,24H,18-20H2,1-5H3. The Labute approximate surface area is 230 Å². The second kappa shape index (κ2) is 10.5. The van der Waals surface area contributed by atoms with E-state index in [-0.39, 0.29) is 11.8 Å². The first-order chi connectivity index (χ1) is 18.6. The molecule has 3 aromatic rings. The largest absolute Gasteiger partial charge is 0.494 e. The van der Waals surface area contributed by atoms with Crippen molar-refractivity contribution in [1.29, 1.82) is 0 Å². The van der Waals surface area contributed by atoms with E-state index in [4.69, 9.17) is 18.8 Å². The van der Waals surface area contributed by atoms with Gasteiger partial charge < -0.3 is 23.7 Å². The number of ether oxygens (including phenoxy) is 2. The number of carbonyl (C=O) groups excluding carboxylic acids is 2. The first-order valence-corrected chi connectivity index (χ1v) is 13.2. The molecule has 2 saturated heterocycles. The summed E-state index contributed by atoms with van der Waals surface area (Å²) in [5, 5.41) is 0. The van der Waals surface area contributed by atoms with Gasteiger partial charge in [-0.25, -0.2) is 4.79 Å². The summed E-state index contributed by atoms with van der Waals surface area (Å²) in [6.45, 7) is 9.09. The molecular weight excluding hydrogens is 493 g/mol. The summed E-state index contributed by atoms with van der Waals surface area (Å²) in [4.78, 5) is 27.0. The van der Waals surface area contributed by atoms with E-state index in [0.717, 1.165) is 16.6 Å². The predicted molar refractivity (Wildman–Crippen MR) is 149 cm³/mol. The molecule has 0 saturated carbocycles. The van der Waals surface area contributed by atoms with Gasteiger partial charge in [0, 0.05) is 31.0 Å². The number of likely N-dealkylation sites (tertiary alicyclic amines) is 1. The van der Waals surface area contributed by atoms with Crippen molar-refractivity contribution >= 4 is 24.5 Å². The molecule has 0 spiro atoms. The van der Waals surface area contributed by atoms with Crippen LogP contribution in [0.1, 0.15) is 61.5 Å². The Morgan fingerprint density at radius 1 is 0.974 bits per heavy atom. The lowest BCUT2D eigenvalue weighted by atomic mass is 9.79. The molecule has 1 unspecified atom stereocenters. The molecule has 2 aliphatic heterocycles. The van der Waals surface area contributed by atoms with Crippen LogP contribution >= 0.6 is 0 Å². The fourth-order valence-corrected chi connectivity index (χ4v) is 4.90. The quantitative estimate of drug-likeness (QED) is 0.315. The lowest BCUT2D eigenvalue weighted by Gasteiger charge is -2.32. The summed E-state index contributed by atoms with van der Waals surface area (Å²) in [5.74, 6) is 0.883. The van der Waals surface area contributed by atoms with E-state index in [1.807, 2.05) is 81.1 Å². The molecular formula is C31H34BNO6. The zero-order valence-corrected chi connectivity index (χ0v) is 23.1. The highest BCUT2D eigenvalue weighted by Crippen LogP contribution is 2.37. The highest BCUT2D eigenvalue weighted by atomic mass is 16.7. The van der Waals surface area contributed by atoms with Gasteiger partial charge in [0.2, 0.25) is 5.91 Å². The molecule has 0 aromatic heterocycles. The molecule has 3 aromatic carbocycles. The van der Waals surface area contributed by atoms with Crippen LogP contribution < -0.4 is 10.2 Å². The van der Waals surface area contributed by atoms with E-state index >= 15 is 0 Å². The maximum Gasteiger partial charge on any atom is 0.494 e. The molecule has 0 radical (unpaired) electrons. The van der Waals surface area contributed by atoms with Crippen molar-refractivity contribution in [3.05, 3.63) is 89.5 Å². The van der Waals surface area contributed by atoms with Gasteiger partial charge in [-0.15, -0.1) is 0 Å². The number of hydrogen-bond donors (Lipinski definition) is 0. The normalized spacial score (nSPS) is 19.8. The maximum absolute atomic E-state index is 12.9. The van der Waals surface area contributed by atoms with Crippen LogP contribution in [0, 0.1) is 0 Å². The number of methoxy groups -OCH3 is 1. The van der Waals surface area contributed by atoms with Gasteiger partial charge in [0.1, 0.15) is 11.5 Å². The zero-order chi connectivity index (χ0) is 27.8. The lowest BCUT2D eigenvalue weighted by Crippen LogP contribution is -2.41. The average Bonchev–Trinajstić information content (AvgIpc) is 3.39. The topological polar surface area (TPSA) is 74.3 Å². The maximum atomic E-state index is 12.9. The van der Waals surface area contributed by atoms with Gasteiger partial charge in [-0.2, -0.15) is 0 Å². The van der Waals surface area contributed by atoms with Crippen molar-refractivity contribution in [3.8, 4) is 11.5 Å². The Balaban J connectivity index is 1.35. The molecule has 7 nitrogen and oxygen atoms in total. The molecule has 2 fully saturated rings. The molecule has 1 amide bonds. The van der Waals surface area contributed by atoms with Crippen molar-refractivity contribution < 1.29 is 28.4 Å². The van der Waals surface area contributed by atoms with E-state index in [2.05, 4.69) is 12.1 Å². The Bertz CT molecular complexity index is 1340. The first-order valence-electron chi connectivity index (χ1n) is 13.2. The van der Waals surface area contributed by atoms with Gasteiger partial charge in [-0.05, 0) is 63.0 Å². The smallest absolute Gasteiger partial charge is 0.465 e. The first kappa shape index (κ1) is 27.0. The Morgan fingerprint density at radius 2 is 1.64 bits per heavy atom. The summed E-state index contributed by atoms with van der Waals surface area (Å²) in [6, 6.07) is 22.8. The van der Waals surface area contributed by atoms with Gasteiger partial charge in [0.15, 0.2) is 0 Å². The van der Waals surface area contributed by atoms with Crippen LogP contribution in [0.25, 0.3) is 0 Å². The molecule has 0 bridgehead atoms. The average molecular weight is 527 g/mol. The summed E-state index contributed by atoms with van der Waals surface area (Å²) >= 11 is 0. The van der Waals surface area contributed by atoms with Gasteiger partial charge in [-0.3, -0.25) is 4.79 Å². The molecule has 8 heteroatoms. The number of amides is 1. The second-order valence-electron chi connectivity index (χ2n) is 11.2. The fourth-order valence-electron chi connectivity index (χ4n) is 4.90. The molecule has 2 heterocycles. The van der Waals surface area contributed by atoms with Crippen LogP contribution in [0.15, 0.2) is 72.8 Å². The van der Waals surface area contributed by atoms with Crippen molar-refractivity contribution in [2.24, 2.45) is 0 Å². The van der Waals surface area contributed by atoms with E-state index in [1.54, 1.807) is 12.1 Å². The van der Waals surface area contributed by atoms with Crippen LogP contribution in [-0.2, 0) is 25.4 Å². The van der Waals surface area contributed by atoms with Crippen LogP contribution in [0.5, 0.6) is 11.5 Å². The summed E-state index contributed by atoms with van der Waals surface area (Å²) in [5.41, 5.74) is 2.37. The van der Waals surface area contributed by atoms with E-state index in [9.17, 15) is 9.59 Å². The second-order valence-corrected chi connectivity index (χ2v) is 11.2. The monoisotopic (exact) mass is 527 g/mol. The minimum Gasteiger partial charge on any atom is -0.465 e. The molecule has 202 valence electrons. The minimum absolute atomic E-state index is 0.0959. The van der Waals surface area contributed by atoms with Crippen LogP contribution in [-0.4, -0.2) is 48.8 Å². The van der Waals surface area contributed by atoms with Gasteiger partial charge in [0.05, 0.1) is 23.9 Å². The zero-order valence-electron chi connectivity index (χ0n) is 23.1. The Kier molecular flexibility index (Phi) is 7.27. The van der Waals surface area contributed by atoms with Crippen molar-refractivity contribution in [2.45, 2.75) is 57.8 Å². The number of hydrogen-bond acceptors (Lipinski definition) is 6. The molecule has 0 N–H and O–H groups in total. The number of benzene rings is 3. The van der Waals surface area contributed by atoms with E-state index in [0.29, 0.717) is 36.6 Å². The summed E-state index contributed by atoms with van der Waals surface area (Å²) < 4.78 is 23.5. The fraction of sp³-hybridized carbons (Fsp3) is 0.355. The van der Waals surface area contributed by atoms with E-state index < -0.39 is 24.3 Å². The van der Waals surface area contributed by atoms with Crippen molar-refractivity contribution in [1.82, 2.24) is 4.90 Å². The lowest BCUT2D eigenvalue weighted by molar-refractivity contribution is -0.128. The molecule has 5 rings (SSSR count). The van der Waals surface area contributed by atoms with Crippen molar-refractivity contribution in [2.75, 3.05) is 13.7 Å². The molecule has 1 atom stereocenters. The number of esters is 1. The third kappa shape index (κ3) is 5.58. The highest BCUT2D eigenvalue weighted by molar-refractivity contribution is 6.62. The van der Waals surface area contributed by atoms with Gasteiger partial charge in [-0.1, -0.05) is 48.5 Å². The Morgan fingerprint density at radius 3 is 2.28 bits per heavy atom. The molecule has 39 heavy (non-hydrogen) atoms. The van der Waals surface area contributed by atoms with Crippen LogP contribution in [0.4, 0.5) is 0 Å².